The van der Waals surface area contributed by atoms with Gasteiger partial charge in [0, 0.05) is 11.3 Å². The predicted octanol–water partition coefficient (Wildman–Crippen LogP) is 7.32. The number of rotatable bonds is 2. The Kier molecular flexibility index (Phi) is 5.14. The summed E-state index contributed by atoms with van der Waals surface area (Å²) in [7, 11) is 0. The molecule has 0 N–H and O–H groups in total. The summed E-state index contributed by atoms with van der Waals surface area (Å²) in [6.07, 6.45) is -8.92. The molecular formula is C20H15ClF7N. The maximum Gasteiger partial charge on any atom is 0.435 e. The van der Waals surface area contributed by atoms with E-state index >= 15 is 0 Å². The molecule has 0 spiro atoms. The molecule has 2 aromatic carbocycles. The lowest BCUT2D eigenvalue weighted by molar-refractivity contribution is -0.348. The van der Waals surface area contributed by atoms with Gasteiger partial charge in [0.25, 0.3) is 0 Å². The molecular weight excluding hydrogens is 423 g/mol. The van der Waals surface area contributed by atoms with Crippen LogP contribution in [0.4, 0.5) is 42.1 Å². The van der Waals surface area contributed by atoms with Gasteiger partial charge in [0.05, 0.1) is 5.69 Å². The van der Waals surface area contributed by atoms with Crippen LogP contribution in [0.2, 0.25) is 0 Å². The Morgan fingerprint density at radius 2 is 1.38 bits per heavy atom. The van der Waals surface area contributed by atoms with Gasteiger partial charge in [-0.15, -0.1) is 0 Å². The fourth-order valence-corrected chi connectivity index (χ4v) is 3.79. The van der Waals surface area contributed by atoms with E-state index in [0.29, 0.717) is 23.5 Å². The van der Waals surface area contributed by atoms with Crippen molar-refractivity contribution in [1.82, 2.24) is 0 Å². The van der Waals surface area contributed by atoms with Crippen LogP contribution in [0, 0.1) is 13.8 Å². The highest BCUT2D eigenvalue weighted by Gasteiger charge is 2.73. The molecule has 1 unspecified atom stereocenters. The van der Waals surface area contributed by atoms with E-state index in [1.54, 1.807) is 41.3 Å². The quantitative estimate of drug-likeness (QED) is 0.270. The summed E-state index contributed by atoms with van der Waals surface area (Å²) >= 11 is 6.37. The first kappa shape index (κ1) is 21.5. The van der Waals surface area contributed by atoms with Gasteiger partial charge in [-0.2, -0.15) is 26.3 Å². The molecule has 1 aliphatic rings. The monoisotopic (exact) mass is 437 g/mol. The summed E-state index contributed by atoms with van der Waals surface area (Å²) in [5.41, 5.74) is -5.93. The number of halogens is 8. The molecule has 0 amide bonds. The molecule has 3 rings (SSSR count). The molecule has 0 saturated carbocycles. The van der Waals surface area contributed by atoms with Gasteiger partial charge in [0.2, 0.25) is 0 Å². The van der Waals surface area contributed by atoms with Crippen molar-refractivity contribution in [3.8, 4) is 0 Å². The minimum absolute atomic E-state index is 0.0336. The molecule has 0 aromatic heterocycles. The van der Waals surface area contributed by atoms with Gasteiger partial charge >= 0.3 is 18.0 Å². The highest BCUT2D eigenvalue weighted by atomic mass is 35.5. The Morgan fingerprint density at radius 1 is 0.862 bits per heavy atom. The molecule has 1 heterocycles. The average Bonchev–Trinajstić information content (AvgIpc) is 2.60. The molecule has 0 bridgehead atoms. The van der Waals surface area contributed by atoms with E-state index in [1.807, 2.05) is 0 Å². The minimum Gasteiger partial charge on any atom is -0.320 e. The van der Waals surface area contributed by atoms with Gasteiger partial charge < -0.3 is 4.90 Å². The number of nitrogens with zero attached hydrogens (tertiary/aromatic N) is 1. The van der Waals surface area contributed by atoms with Crippen molar-refractivity contribution in [2.24, 2.45) is 0 Å². The van der Waals surface area contributed by atoms with Crippen LogP contribution in [0.5, 0.6) is 0 Å². The molecule has 29 heavy (non-hydrogen) atoms. The molecule has 0 radical (unpaired) electrons. The van der Waals surface area contributed by atoms with Crippen molar-refractivity contribution in [2.75, 3.05) is 4.90 Å². The molecule has 156 valence electrons. The molecule has 1 aliphatic heterocycles. The normalized spacial score (nSPS) is 17.4. The number of fused-ring (bicyclic) bond motifs is 1. The Morgan fingerprint density at radius 3 is 1.90 bits per heavy atom. The minimum atomic E-state index is -6.17. The van der Waals surface area contributed by atoms with Crippen molar-refractivity contribution in [3.05, 3.63) is 64.7 Å². The highest BCUT2D eigenvalue weighted by molar-refractivity contribution is 6.24. The lowest BCUT2D eigenvalue weighted by Crippen LogP contribution is -2.50. The fourth-order valence-electron chi connectivity index (χ4n) is 3.52. The first-order chi connectivity index (χ1) is 13.3. The fraction of sp³-hybridized carbons (Fsp3) is 0.300. The number of benzene rings is 2. The highest BCUT2D eigenvalue weighted by Crippen LogP contribution is 2.54. The van der Waals surface area contributed by atoms with Crippen molar-refractivity contribution >= 4 is 29.1 Å². The second kappa shape index (κ2) is 6.93. The zero-order valence-corrected chi connectivity index (χ0v) is 15.9. The second-order valence-corrected chi connectivity index (χ2v) is 7.22. The smallest absolute Gasteiger partial charge is 0.320 e. The lowest BCUT2D eigenvalue weighted by Gasteiger charge is -2.36. The number of para-hydroxylation sites is 1. The first-order valence-corrected chi connectivity index (χ1v) is 8.87. The largest absolute Gasteiger partial charge is 0.435 e. The number of hydrogen-bond donors (Lipinski definition) is 0. The van der Waals surface area contributed by atoms with Crippen LogP contribution in [-0.4, -0.2) is 17.9 Å². The van der Waals surface area contributed by atoms with Crippen LogP contribution in [0.25, 0.3) is 6.08 Å². The van der Waals surface area contributed by atoms with E-state index < -0.39 is 29.1 Å². The summed E-state index contributed by atoms with van der Waals surface area (Å²) in [6.45, 7) is 2.65. The molecule has 1 atom stereocenters. The van der Waals surface area contributed by atoms with E-state index in [9.17, 15) is 30.7 Å². The van der Waals surface area contributed by atoms with Crippen molar-refractivity contribution in [1.29, 1.82) is 0 Å². The Balaban J connectivity index is 2.21. The van der Waals surface area contributed by atoms with E-state index in [2.05, 4.69) is 0 Å². The number of anilines is 2. The van der Waals surface area contributed by atoms with Gasteiger partial charge in [-0.25, -0.2) is 4.39 Å². The molecule has 0 aliphatic carbocycles. The molecule has 0 saturated heterocycles. The van der Waals surface area contributed by atoms with Gasteiger partial charge in [-0.05, 0) is 42.7 Å². The summed E-state index contributed by atoms with van der Waals surface area (Å²) in [6, 6.07) is 8.19. The van der Waals surface area contributed by atoms with Gasteiger partial charge in [0.15, 0.2) is 0 Å². The third-order valence-corrected chi connectivity index (χ3v) is 5.13. The van der Waals surface area contributed by atoms with E-state index in [-0.39, 0.29) is 11.1 Å². The standard InChI is InChI=1S/C20H15ClF7N/c1-11-9-14(18(22,19(23,24)25)20(26,27)28)10-12(2)17(11)29-15-6-4-3-5-13(15)7-8-16(29)21/h3-10,16H,1-2H3. The van der Waals surface area contributed by atoms with Crippen LogP contribution < -0.4 is 4.90 Å². The van der Waals surface area contributed by atoms with Gasteiger partial charge in [-0.1, -0.05) is 48.0 Å². The summed E-state index contributed by atoms with van der Waals surface area (Å²) in [5.74, 6) is 0. The zero-order chi connectivity index (χ0) is 21.8. The summed E-state index contributed by atoms with van der Waals surface area (Å²) in [4.78, 5) is 1.59. The lowest BCUT2D eigenvalue weighted by atomic mass is 9.90. The van der Waals surface area contributed by atoms with Crippen molar-refractivity contribution in [2.45, 2.75) is 37.4 Å². The predicted molar refractivity (Wildman–Crippen MR) is 98.1 cm³/mol. The van der Waals surface area contributed by atoms with Crippen LogP contribution >= 0.6 is 11.6 Å². The third kappa shape index (κ3) is 3.37. The maximum absolute atomic E-state index is 14.5. The van der Waals surface area contributed by atoms with Gasteiger partial charge in [-0.3, -0.25) is 0 Å². The SMILES string of the molecule is Cc1cc(C(F)(C(F)(F)F)C(F)(F)F)cc(C)c1N1c2ccccc2C=CC1Cl. The molecule has 1 nitrogen and oxygen atoms in total. The third-order valence-electron chi connectivity index (χ3n) is 4.79. The Hall–Kier alpha value is -2.22. The van der Waals surface area contributed by atoms with E-state index in [4.69, 9.17) is 11.6 Å². The van der Waals surface area contributed by atoms with Crippen LogP contribution in [0.3, 0.4) is 0 Å². The number of aryl methyl sites for hydroxylation is 2. The summed E-state index contributed by atoms with van der Waals surface area (Å²) in [5, 5.41) is 0. The molecule has 9 heteroatoms. The van der Waals surface area contributed by atoms with Crippen LogP contribution in [-0.2, 0) is 5.67 Å². The average molecular weight is 438 g/mol. The second-order valence-electron chi connectivity index (χ2n) is 6.77. The molecule has 2 aromatic rings. The van der Waals surface area contributed by atoms with Crippen LogP contribution in [0.15, 0.2) is 42.5 Å². The Labute approximate surface area is 167 Å². The Bertz CT molecular complexity index is 925. The van der Waals surface area contributed by atoms with Crippen LogP contribution in [0.1, 0.15) is 22.3 Å². The van der Waals surface area contributed by atoms with Gasteiger partial charge in [0.1, 0.15) is 5.50 Å². The topological polar surface area (TPSA) is 3.24 Å². The summed E-state index contributed by atoms with van der Waals surface area (Å²) < 4.78 is 93.3. The maximum atomic E-state index is 14.5. The number of alkyl halides is 8. The number of hydrogen-bond acceptors (Lipinski definition) is 1. The molecule has 0 fully saturated rings. The first-order valence-electron chi connectivity index (χ1n) is 8.43. The zero-order valence-electron chi connectivity index (χ0n) is 15.2. The van der Waals surface area contributed by atoms with Crippen molar-refractivity contribution in [3.63, 3.8) is 0 Å². The van der Waals surface area contributed by atoms with Crippen molar-refractivity contribution < 1.29 is 30.7 Å². The van der Waals surface area contributed by atoms with E-state index in [1.165, 1.54) is 13.8 Å². The van der Waals surface area contributed by atoms with E-state index in [0.717, 1.165) is 5.56 Å².